The third-order valence-electron chi connectivity index (χ3n) is 5.65. The van der Waals surface area contributed by atoms with Crippen LogP contribution in [0.5, 0.6) is 0 Å². The first kappa shape index (κ1) is 19.6. The predicted octanol–water partition coefficient (Wildman–Crippen LogP) is 3.23. The van der Waals surface area contributed by atoms with E-state index in [-0.39, 0.29) is 12.5 Å². The maximum atomic E-state index is 12.5. The summed E-state index contributed by atoms with van der Waals surface area (Å²) >= 11 is 0. The van der Waals surface area contributed by atoms with Gasteiger partial charge in [0.1, 0.15) is 12.1 Å². The van der Waals surface area contributed by atoms with Crippen molar-refractivity contribution in [2.24, 2.45) is 11.8 Å². The van der Waals surface area contributed by atoms with Crippen LogP contribution in [-0.2, 0) is 24.4 Å². The van der Waals surface area contributed by atoms with E-state index in [9.17, 15) is 4.79 Å². The second kappa shape index (κ2) is 8.74. The van der Waals surface area contributed by atoms with Crippen LogP contribution >= 0.6 is 0 Å². The van der Waals surface area contributed by atoms with E-state index >= 15 is 0 Å². The minimum absolute atomic E-state index is 0.0596. The average molecular weight is 392 g/mol. The van der Waals surface area contributed by atoms with Crippen LogP contribution < -0.4 is 5.32 Å². The SMILES string of the molecule is CC1CC(C)CN(Cc2ccccc2CNC(=O)Cn2nnc3ccccc32)C1. The number of carbonyl (C=O) groups excluding carboxylic acids is 1. The van der Waals surface area contributed by atoms with Crippen molar-refractivity contribution in [2.75, 3.05) is 13.1 Å². The maximum absolute atomic E-state index is 12.5. The van der Waals surface area contributed by atoms with Crippen molar-refractivity contribution in [3.05, 3.63) is 59.7 Å². The molecule has 0 bridgehead atoms. The number of piperidine rings is 1. The summed E-state index contributed by atoms with van der Waals surface area (Å²) in [6.07, 6.45) is 1.31. The number of rotatable bonds is 6. The average Bonchev–Trinajstić information content (AvgIpc) is 3.09. The lowest BCUT2D eigenvalue weighted by Gasteiger charge is -2.35. The van der Waals surface area contributed by atoms with Gasteiger partial charge in [-0.3, -0.25) is 9.69 Å². The Bertz CT molecular complexity index is 972. The van der Waals surface area contributed by atoms with Crippen LogP contribution in [0.2, 0.25) is 0 Å². The quantitative estimate of drug-likeness (QED) is 0.701. The molecule has 152 valence electrons. The molecule has 1 aliphatic rings. The van der Waals surface area contributed by atoms with Crippen molar-refractivity contribution in [3.63, 3.8) is 0 Å². The standard InChI is InChI=1S/C23H29N5O/c1-17-11-18(2)14-27(13-17)15-20-8-4-3-7-19(20)12-24-23(29)16-28-22-10-6-5-9-21(22)25-26-28/h3-10,17-18H,11-16H2,1-2H3,(H,24,29). The van der Waals surface area contributed by atoms with Gasteiger partial charge in [0, 0.05) is 26.2 Å². The number of nitrogens with one attached hydrogen (secondary N) is 1. The molecule has 3 aromatic rings. The van der Waals surface area contributed by atoms with Crippen LogP contribution in [-0.4, -0.2) is 38.9 Å². The Hall–Kier alpha value is -2.73. The fourth-order valence-corrected chi connectivity index (χ4v) is 4.47. The van der Waals surface area contributed by atoms with Gasteiger partial charge < -0.3 is 5.32 Å². The zero-order valence-corrected chi connectivity index (χ0v) is 17.2. The third-order valence-corrected chi connectivity index (χ3v) is 5.65. The number of aromatic nitrogens is 3. The highest BCUT2D eigenvalue weighted by atomic mass is 16.2. The molecule has 2 aromatic carbocycles. The molecule has 1 aromatic heterocycles. The van der Waals surface area contributed by atoms with Gasteiger partial charge in [-0.1, -0.05) is 55.5 Å². The number of nitrogens with zero attached hydrogens (tertiary/aromatic N) is 4. The molecule has 1 saturated heterocycles. The number of fused-ring (bicyclic) bond motifs is 1. The summed E-state index contributed by atoms with van der Waals surface area (Å²) < 4.78 is 1.65. The van der Waals surface area contributed by atoms with Gasteiger partial charge in [-0.05, 0) is 41.5 Å². The molecular formula is C23H29N5O. The van der Waals surface area contributed by atoms with Crippen molar-refractivity contribution in [2.45, 2.75) is 39.9 Å². The Morgan fingerprint density at radius 1 is 1.03 bits per heavy atom. The van der Waals surface area contributed by atoms with E-state index in [4.69, 9.17) is 0 Å². The molecule has 1 amide bonds. The Kier molecular flexibility index (Phi) is 5.90. The van der Waals surface area contributed by atoms with Gasteiger partial charge in [0.05, 0.1) is 5.52 Å². The highest BCUT2D eigenvalue weighted by Gasteiger charge is 2.22. The second-order valence-electron chi connectivity index (χ2n) is 8.42. The first-order chi connectivity index (χ1) is 14.1. The highest BCUT2D eigenvalue weighted by molar-refractivity contribution is 5.79. The number of amides is 1. The number of para-hydroxylation sites is 1. The Balaban J connectivity index is 1.38. The smallest absolute Gasteiger partial charge is 0.242 e. The normalized spacial score (nSPS) is 20.1. The molecule has 0 radical (unpaired) electrons. The monoisotopic (exact) mass is 391 g/mol. The molecular weight excluding hydrogens is 362 g/mol. The van der Waals surface area contributed by atoms with Crippen molar-refractivity contribution in [1.82, 2.24) is 25.2 Å². The molecule has 6 nitrogen and oxygen atoms in total. The molecule has 4 rings (SSSR count). The van der Waals surface area contributed by atoms with Gasteiger partial charge in [0.15, 0.2) is 0 Å². The molecule has 0 spiro atoms. The number of benzene rings is 2. The lowest BCUT2D eigenvalue weighted by atomic mass is 9.91. The fraction of sp³-hybridized carbons (Fsp3) is 0.435. The summed E-state index contributed by atoms with van der Waals surface area (Å²) in [6, 6.07) is 16.1. The van der Waals surface area contributed by atoms with Gasteiger partial charge in [-0.15, -0.1) is 5.10 Å². The van der Waals surface area contributed by atoms with Gasteiger partial charge in [-0.25, -0.2) is 4.68 Å². The van der Waals surface area contributed by atoms with E-state index in [0.29, 0.717) is 6.54 Å². The van der Waals surface area contributed by atoms with Crippen LogP contribution in [0, 0.1) is 11.8 Å². The van der Waals surface area contributed by atoms with Gasteiger partial charge in [-0.2, -0.15) is 0 Å². The molecule has 0 saturated carbocycles. The molecule has 2 heterocycles. The second-order valence-corrected chi connectivity index (χ2v) is 8.42. The maximum Gasteiger partial charge on any atom is 0.242 e. The molecule has 0 aliphatic carbocycles. The largest absolute Gasteiger partial charge is 0.350 e. The number of likely N-dealkylation sites (tertiary alicyclic amines) is 1. The molecule has 2 unspecified atom stereocenters. The van der Waals surface area contributed by atoms with Crippen LogP contribution in [0.25, 0.3) is 11.0 Å². The number of hydrogen-bond donors (Lipinski definition) is 1. The van der Waals surface area contributed by atoms with Crippen molar-refractivity contribution in [3.8, 4) is 0 Å². The fourth-order valence-electron chi connectivity index (χ4n) is 4.47. The summed E-state index contributed by atoms with van der Waals surface area (Å²) in [4.78, 5) is 15.0. The Labute approximate surface area is 171 Å². The van der Waals surface area contributed by atoms with Crippen LogP contribution in [0.1, 0.15) is 31.4 Å². The minimum Gasteiger partial charge on any atom is -0.350 e. The molecule has 2 atom stereocenters. The van der Waals surface area contributed by atoms with Crippen molar-refractivity contribution in [1.29, 1.82) is 0 Å². The van der Waals surface area contributed by atoms with Crippen LogP contribution in [0.15, 0.2) is 48.5 Å². The summed E-state index contributed by atoms with van der Waals surface area (Å²) in [5.41, 5.74) is 4.14. The zero-order chi connectivity index (χ0) is 20.2. The summed E-state index contributed by atoms with van der Waals surface area (Å²) in [7, 11) is 0. The number of carbonyl (C=O) groups is 1. The van der Waals surface area contributed by atoms with Crippen molar-refractivity contribution >= 4 is 16.9 Å². The van der Waals surface area contributed by atoms with E-state index in [1.807, 2.05) is 30.3 Å². The first-order valence-electron chi connectivity index (χ1n) is 10.4. The Morgan fingerprint density at radius 2 is 1.72 bits per heavy atom. The van der Waals surface area contributed by atoms with E-state index in [0.717, 1.165) is 42.5 Å². The topological polar surface area (TPSA) is 63.1 Å². The van der Waals surface area contributed by atoms with E-state index < -0.39 is 0 Å². The predicted molar refractivity (Wildman–Crippen MR) is 114 cm³/mol. The summed E-state index contributed by atoms with van der Waals surface area (Å²) in [5.74, 6) is 1.42. The Morgan fingerprint density at radius 3 is 2.52 bits per heavy atom. The molecule has 6 heteroatoms. The zero-order valence-electron chi connectivity index (χ0n) is 17.2. The van der Waals surface area contributed by atoms with Gasteiger partial charge in [0.25, 0.3) is 0 Å². The lowest BCUT2D eigenvalue weighted by Crippen LogP contribution is -2.38. The van der Waals surface area contributed by atoms with E-state index in [2.05, 4.69) is 52.6 Å². The summed E-state index contributed by atoms with van der Waals surface area (Å²) in [5, 5.41) is 11.3. The number of hydrogen-bond acceptors (Lipinski definition) is 4. The minimum atomic E-state index is -0.0596. The van der Waals surface area contributed by atoms with E-state index in [1.54, 1.807) is 4.68 Å². The molecule has 29 heavy (non-hydrogen) atoms. The van der Waals surface area contributed by atoms with Gasteiger partial charge >= 0.3 is 0 Å². The first-order valence-corrected chi connectivity index (χ1v) is 10.4. The highest BCUT2D eigenvalue weighted by Crippen LogP contribution is 2.23. The van der Waals surface area contributed by atoms with Crippen LogP contribution in [0.3, 0.4) is 0 Å². The van der Waals surface area contributed by atoms with Crippen LogP contribution in [0.4, 0.5) is 0 Å². The van der Waals surface area contributed by atoms with Gasteiger partial charge in [0.2, 0.25) is 5.91 Å². The molecule has 1 fully saturated rings. The van der Waals surface area contributed by atoms with E-state index in [1.165, 1.54) is 17.5 Å². The molecule has 1 aliphatic heterocycles. The van der Waals surface area contributed by atoms with Crippen molar-refractivity contribution < 1.29 is 4.79 Å². The third kappa shape index (κ3) is 4.82. The summed E-state index contributed by atoms with van der Waals surface area (Å²) in [6.45, 7) is 8.60. The lowest BCUT2D eigenvalue weighted by molar-refractivity contribution is -0.121. The molecule has 1 N–H and O–H groups in total.